The molecule has 1 unspecified atom stereocenters. The predicted molar refractivity (Wildman–Crippen MR) is 105 cm³/mol. The van der Waals surface area contributed by atoms with Crippen molar-refractivity contribution in [2.75, 3.05) is 19.0 Å². The summed E-state index contributed by atoms with van der Waals surface area (Å²) in [6, 6.07) is 15.3. The number of benzene rings is 1. The van der Waals surface area contributed by atoms with E-state index in [0.717, 1.165) is 27.9 Å². The number of hydrogen-bond donors (Lipinski definition) is 0. The Morgan fingerprint density at radius 2 is 1.81 bits per heavy atom. The smallest absolute Gasteiger partial charge is 0.415 e. The van der Waals surface area contributed by atoms with Gasteiger partial charge in [0.2, 0.25) is 0 Å². The topological polar surface area (TPSA) is 29.5 Å². The molecule has 1 amide bonds. The number of thiophene rings is 1. The summed E-state index contributed by atoms with van der Waals surface area (Å²) in [4.78, 5) is 14.8. The van der Waals surface area contributed by atoms with Gasteiger partial charge in [0.05, 0.1) is 32.7 Å². The molecule has 2 bridgehead atoms. The van der Waals surface area contributed by atoms with Gasteiger partial charge >= 0.3 is 6.09 Å². The van der Waals surface area contributed by atoms with E-state index in [9.17, 15) is 4.79 Å². The third kappa shape index (κ3) is 3.38. The second kappa shape index (κ2) is 7.05. The molecule has 0 N–H and O–H groups in total. The Morgan fingerprint density at radius 3 is 2.42 bits per heavy atom. The van der Waals surface area contributed by atoms with Gasteiger partial charge in [0.1, 0.15) is 11.1 Å². The van der Waals surface area contributed by atoms with Crippen LogP contribution in [0.2, 0.25) is 0 Å². The lowest BCUT2D eigenvalue weighted by molar-refractivity contribution is -0.931. The molecule has 2 aromatic rings. The minimum Gasteiger partial charge on any atom is -0.445 e. The normalized spacial score (nSPS) is 26.5. The average Bonchev–Trinajstić information content (AvgIpc) is 3.17. The number of hydrogen-bond acceptors (Lipinski definition) is 3. The van der Waals surface area contributed by atoms with Crippen LogP contribution in [-0.2, 0) is 11.3 Å². The molecule has 0 radical (unpaired) electrons. The molecule has 3 heterocycles. The molecule has 0 spiro atoms. The number of fused-ring (bicyclic) bond motifs is 2. The lowest BCUT2D eigenvalue weighted by atomic mass is 9.98. The van der Waals surface area contributed by atoms with E-state index in [2.05, 4.69) is 26.2 Å². The molecule has 138 valence electrons. The van der Waals surface area contributed by atoms with E-state index in [1.807, 2.05) is 35.7 Å². The summed E-state index contributed by atoms with van der Waals surface area (Å²) < 4.78 is 7.10. The molecule has 0 aliphatic carbocycles. The second-order valence-corrected chi connectivity index (χ2v) is 8.94. The Balaban J connectivity index is 1.47. The van der Waals surface area contributed by atoms with Crippen LogP contribution in [0.15, 0.2) is 47.8 Å². The van der Waals surface area contributed by atoms with Crippen LogP contribution in [0.3, 0.4) is 0 Å². The predicted octanol–water partition coefficient (Wildman–Crippen LogP) is 4.66. The van der Waals surface area contributed by atoms with Crippen LogP contribution in [0, 0.1) is 0 Å². The molecule has 4 rings (SSSR count). The van der Waals surface area contributed by atoms with E-state index >= 15 is 0 Å². The number of rotatable bonds is 4. The highest BCUT2D eigenvalue weighted by atomic mass is 32.1. The summed E-state index contributed by atoms with van der Waals surface area (Å²) in [5.74, 6) is 0. The number of carbonyl (C=O) groups excluding carboxylic acids is 1. The summed E-state index contributed by atoms with van der Waals surface area (Å²) in [6.07, 6.45) is 4.31. The SMILES string of the molecule is C[N+]1(C)[C@@H]2CC[C@H]1CC(OC(=O)N(Cc1ccccc1)c1cccs1)C2. The standard InChI is InChI=1S/C21H27N2O2S/c1-23(2)17-10-11-18(23)14-19(13-17)25-21(24)22(20-9-6-12-26-20)15-16-7-4-3-5-8-16/h3-9,12,17-19H,10-11,13-15H2,1-2H3/q+1/t17-,18+,19?. The maximum absolute atomic E-state index is 13.0. The first-order valence-corrected chi connectivity index (χ1v) is 10.3. The number of quaternary nitrogens is 1. The van der Waals surface area contributed by atoms with Crippen molar-refractivity contribution in [2.24, 2.45) is 0 Å². The number of nitrogens with zero attached hydrogens (tertiary/aromatic N) is 2. The van der Waals surface area contributed by atoms with Crippen molar-refractivity contribution < 1.29 is 14.0 Å². The Hall–Kier alpha value is -1.85. The zero-order chi connectivity index (χ0) is 18.1. The summed E-state index contributed by atoms with van der Waals surface area (Å²) in [5.41, 5.74) is 1.11. The maximum Gasteiger partial charge on any atom is 0.415 e. The highest BCUT2D eigenvalue weighted by Crippen LogP contribution is 2.40. The van der Waals surface area contributed by atoms with Crippen LogP contribution in [0.4, 0.5) is 9.80 Å². The van der Waals surface area contributed by atoms with Crippen LogP contribution in [-0.4, -0.2) is 42.9 Å². The van der Waals surface area contributed by atoms with Gasteiger partial charge in [-0.1, -0.05) is 30.3 Å². The van der Waals surface area contributed by atoms with E-state index in [1.54, 1.807) is 16.2 Å². The third-order valence-electron chi connectivity index (χ3n) is 6.23. The van der Waals surface area contributed by atoms with Crippen LogP contribution >= 0.6 is 11.3 Å². The molecule has 26 heavy (non-hydrogen) atoms. The van der Waals surface area contributed by atoms with Crippen LogP contribution in [0.5, 0.6) is 0 Å². The summed E-state index contributed by atoms with van der Waals surface area (Å²) >= 11 is 1.58. The Kier molecular flexibility index (Phi) is 4.76. The quantitative estimate of drug-likeness (QED) is 0.732. The Morgan fingerprint density at radius 1 is 1.12 bits per heavy atom. The molecule has 1 aromatic carbocycles. The largest absolute Gasteiger partial charge is 0.445 e. The van der Waals surface area contributed by atoms with Crippen molar-refractivity contribution >= 4 is 22.4 Å². The summed E-state index contributed by atoms with van der Waals surface area (Å²) in [5, 5.41) is 2.94. The van der Waals surface area contributed by atoms with Gasteiger partial charge < -0.3 is 9.22 Å². The zero-order valence-corrected chi connectivity index (χ0v) is 16.3. The zero-order valence-electron chi connectivity index (χ0n) is 15.5. The fraction of sp³-hybridized carbons (Fsp3) is 0.476. The highest BCUT2D eigenvalue weighted by molar-refractivity contribution is 7.14. The molecular weight excluding hydrogens is 344 g/mol. The average molecular weight is 372 g/mol. The maximum atomic E-state index is 13.0. The van der Waals surface area contributed by atoms with Crippen molar-refractivity contribution in [1.82, 2.24) is 0 Å². The van der Waals surface area contributed by atoms with Crippen molar-refractivity contribution in [3.8, 4) is 0 Å². The first kappa shape index (κ1) is 17.6. The van der Waals surface area contributed by atoms with Gasteiger partial charge in [-0.15, -0.1) is 11.3 Å². The van der Waals surface area contributed by atoms with Crippen LogP contribution in [0.1, 0.15) is 31.2 Å². The van der Waals surface area contributed by atoms with Gasteiger partial charge in [0, 0.05) is 25.7 Å². The minimum absolute atomic E-state index is 0.0457. The first-order valence-electron chi connectivity index (χ1n) is 9.43. The number of ether oxygens (including phenoxy) is 1. The fourth-order valence-electron chi connectivity index (χ4n) is 4.55. The molecule has 2 fully saturated rings. The minimum atomic E-state index is -0.215. The molecular formula is C21H27N2O2S+. The van der Waals surface area contributed by atoms with Gasteiger partial charge in [-0.2, -0.15) is 0 Å². The van der Waals surface area contributed by atoms with Gasteiger partial charge in [-0.05, 0) is 23.1 Å². The number of carbonyl (C=O) groups is 1. The first-order chi connectivity index (χ1) is 12.5. The third-order valence-corrected chi connectivity index (χ3v) is 7.12. The molecule has 4 nitrogen and oxygen atoms in total. The van der Waals surface area contributed by atoms with Gasteiger partial charge in [-0.25, -0.2) is 4.79 Å². The fourth-order valence-corrected chi connectivity index (χ4v) is 5.27. The molecule has 2 aliphatic rings. The van der Waals surface area contributed by atoms with Crippen molar-refractivity contribution in [3.05, 3.63) is 53.4 Å². The molecule has 0 saturated carbocycles. The lowest BCUT2D eigenvalue weighted by Gasteiger charge is -2.44. The molecule has 2 saturated heterocycles. The highest BCUT2D eigenvalue weighted by Gasteiger charge is 2.50. The van der Waals surface area contributed by atoms with Crippen LogP contribution in [0.25, 0.3) is 0 Å². The van der Waals surface area contributed by atoms with E-state index in [4.69, 9.17) is 4.74 Å². The van der Waals surface area contributed by atoms with E-state index in [1.165, 1.54) is 12.8 Å². The lowest BCUT2D eigenvalue weighted by Crippen LogP contribution is -2.56. The molecule has 1 aromatic heterocycles. The number of amides is 1. The Labute approximate surface area is 159 Å². The van der Waals surface area contributed by atoms with Crippen LogP contribution < -0.4 is 4.90 Å². The van der Waals surface area contributed by atoms with Crippen molar-refractivity contribution in [1.29, 1.82) is 0 Å². The second-order valence-electron chi connectivity index (χ2n) is 8.01. The molecule has 5 heteroatoms. The van der Waals surface area contributed by atoms with Gasteiger partial charge in [-0.3, -0.25) is 4.90 Å². The van der Waals surface area contributed by atoms with Crippen molar-refractivity contribution in [3.63, 3.8) is 0 Å². The van der Waals surface area contributed by atoms with E-state index in [-0.39, 0.29) is 12.2 Å². The van der Waals surface area contributed by atoms with Crippen molar-refractivity contribution in [2.45, 2.75) is 50.4 Å². The van der Waals surface area contributed by atoms with E-state index < -0.39 is 0 Å². The van der Waals surface area contributed by atoms with Gasteiger partial charge in [0.25, 0.3) is 0 Å². The van der Waals surface area contributed by atoms with Gasteiger partial charge in [0.15, 0.2) is 0 Å². The monoisotopic (exact) mass is 371 g/mol. The number of anilines is 1. The summed E-state index contributed by atoms with van der Waals surface area (Å²) in [7, 11) is 4.65. The molecule has 2 aliphatic heterocycles. The van der Waals surface area contributed by atoms with E-state index in [0.29, 0.717) is 18.6 Å². The Bertz CT molecular complexity index is 729. The summed E-state index contributed by atoms with van der Waals surface area (Å²) in [6.45, 7) is 0.543. The molecule has 3 atom stereocenters. The number of piperidine rings is 1.